The van der Waals surface area contributed by atoms with Crippen LogP contribution in [0.5, 0.6) is 0 Å². The second-order valence-electron chi connectivity index (χ2n) is 4.52. The van der Waals surface area contributed by atoms with Crippen LogP contribution in [0, 0.1) is 3.57 Å². The quantitative estimate of drug-likeness (QED) is 0.745. The zero-order valence-electron chi connectivity index (χ0n) is 10.5. The van der Waals surface area contributed by atoms with Crippen molar-refractivity contribution in [2.75, 3.05) is 11.9 Å². The lowest BCUT2D eigenvalue weighted by molar-refractivity contribution is 0.194. The van der Waals surface area contributed by atoms with Gasteiger partial charge in [-0.3, -0.25) is 4.68 Å². The minimum atomic E-state index is -0.115. The molecular weight excluding hydrogens is 391 g/mol. The Bertz CT molecular complexity index is 658. The van der Waals surface area contributed by atoms with Gasteiger partial charge in [0.2, 0.25) is 0 Å². The van der Waals surface area contributed by atoms with Crippen LogP contribution in [0.4, 0.5) is 10.5 Å². The van der Waals surface area contributed by atoms with Gasteiger partial charge in [0.25, 0.3) is 0 Å². The number of anilines is 1. The first-order valence-corrected chi connectivity index (χ1v) is 7.61. The van der Waals surface area contributed by atoms with Crippen LogP contribution in [0.1, 0.15) is 5.69 Å². The Morgan fingerprint density at radius 3 is 3.05 bits per heavy atom. The van der Waals surface area contributed by atoms with Crippen LogP contribution in [-0.4, -0.2) is 27.3 Å². The third-order valence-corrected chi connectivity index (χ3v) is 4.32. The number of aromatic nitrogens is 2. The van der Waals surface area contributed by atoms with Crippen molar-refractivity contribution in [2.45, 2.75) is 13.1 Å². The number of benzene rings is 1. The monoisotopic (exact) mass is 402 g/mol. The van der Waals surface area contributed by atoms with E-state index in [1.807, 2.05) is 23.0 Å². The normalized spacial score (nSPS) is 14.0. The van der Waals surface area contributed by atoms with Gasteiger partial charge >= 0.3 is 6.03 Å². The highest BCUT2D eigenvalue weighted by atomic mass is 127. The van der Waals surface area contributed by atoms with E-state index in [9.17, 15) is 4.79 Å². The minimum absolute atomic E-state index is 0.115. The Morgan fingerprint density at radius 2 is 2.25 bits per heavy atom. The number of nitrogens with zero attached hydrogens (tertiary/aromatic N) is 3. The van der Waals surface area contributed by atoms with E-state index < -0.39 is 0 Å². The molecule has 0 radical (unpaired) electrons. The summed E-state index contributed by atoms with van der Waals surface area (Å²) < 4.78 is 3.04. The molecule has 0 atom stereocenters. The fourth-order valence-corrected chi connectivity index (χ4v) is 2.92. The van der Waals surface area contributed by atoms with Gasteiger partial charge in [0.15, 0.2) is 0 Å². The molecule has 0 saturated carbocycles. The number of carbonyl (C=O) groups is 1. The fourth-order valence-electron chi connectivity index (χ4n) is 2.16. The molecule has 3 rings (SSSR count). The summed E-state index contributed by atoms with van der Waals surface area (Å²) in [5.41, 5.74) is 1.79. The molecule has 0 aliphatic carbocycles. The van der Waals surface area contributed by atoms with Gasteiger partial charge in [-0.2, -0.15) is 5.10 Å². The van der Waals surface area contributed by atoms with E-state index >= 15 is 0 Å². The first-order valence-electron chi connectivity index (χ1n) is 6.15. The van der Waals surface area contributed by atoms with Crippen LogP contribution in [0.3, 0.4) is 0 Å². The van der Waals surface area contributed by atoms with Crippen molar-refractivity contribution in [1.29, 1.82) is 0 Å². The molecule has 1 aromatic carbocycles. The Kier molecular flexibility index (Phi) is 3.84. The summed E-state index contributed by atoms with van der Waals surface area (Å²) in [5.74, 6) is 0. The maximum Gasteiger partial charge on any atom is 0.322 e. The van der Waals surface area contributed by atoms with Gasteiger partial charge in [-0.15, -0.1) is 0 Å². The van der Waals surface area contributed by atoms with Gasteiger partial charge in [0, 0.05) is 17.3 Å². The Hall–Kier alpha value is -1.28. The number of fused-ring (bicyclic) bond motifs is 1. The number of hydrogen-bond acceptors (Lipinski definition) is 2. The highest BCUT2D eigenvalue weighted by Crippen LogP contribution is 2.20. The maximum atomic E-state index is 12.3. The van der Waals surface area contributed by atoms with E-state index in [1.54, 1.807) is 17.0 Å². The molecule has 0 fully saturated rings. The number of halogens is 2. The molecule has 5 nitrogen and oxygen atoms in total. The lowest BCUT2D eigenvalue weighted by Crippen LogP contribution is -2.41. The summed E-state index contributed by atoms with van der Waals surface area (Å²) >= 11 is 8.15. The van der Waals surface area contributed by atoms with Crippen LogP contribution >= 0.6 is 34.2 Å². The van der Waals surface area contributed by atoms with E-state index in [2.05, 4.69) is 33.0 Å². The molecular formula is C13H12ClIN4O. The van der Waals surface area contributed by atoms with Crippen LogP contribution in [0.2, 0.25) is 5.02 Å². The Labute approximate surface area is 135 Å². The number of carbonyl (C=O) groups excluding carboxylic acids is 1. The average Bonchev–Trinajstić information content (AvgIpc) is 2.80. The molecule has 1 aliphatic heterocycles. The summed E-state index contributed by atoms with van der Waals surface area (Å²) in [5, 5.41) is 7.75. The second kappa shape index (κ2) is 5.61. The maximum absolute atomic E-state index is 12.3. The van der Waals surface area contributed by atoms with E-state index in [0.29, 0.717) is 23.8 Å². The minimum Gasteiger partial charge on any atom is -0.317 e. The Balaban J connectivity index is 1.71. The van der Waals surface area contributed by atoms with E-state index in [1.165, 1.54) is 0 Å². The molecule has 2 amide bonds. The van der Waals surface area contributed by atoms with Crippen molar-refractivity contribution in [3.05, 3.63) is 44.7 Å². The fraction of sp³-hybridized carbons (Fsp3) is 0.231. The van der Waals surface area contributed by atoms with Crippen molar-refractivity contribution in [3.63, 3.8) is 0 Å². The topological polar surface area (TPSA) is 50.2 Å². The average molecular weight is 403 g/mol. The first-order chi connectivity index (χ1) is 9.63. The molecule has 0 unspecified atom stereocenters. The van der Waals surface area contributed by atoms with Gasteiger partial charge in [-0.05, 0) is 40.8 Å². The van der Waals surface area contributed by atoms with Crippen LogP contribution in [-0.2, 0) is 13.1 Å². The number of nitrogens with one attached hydrogen (secondary N) is 1. The van der Waals surface area contributed by atoms with E-state index in [-0.39, 0.29) is 6.03 Å². The van der Waals surface area contributed by atoms with Crippen LogP contribution in [0.15, 0.2) is 30.5 Å². The standard InChI is InChI=1S/C13H12ClIN4O/c14-9-2-1-3-10(6-9)17-13(20)18-4-5-19-12(8-18)11(15)7-16-19/h1-3,6-7H,4-5,8H2,(H,17,20). The van der Waals surface area contributed by atoms with E-state index in [4.69, 9.17) is 11.6 Å². The first kappa shape index (κ1) is 13.7. The molecule has 20 heavy (non-hydrogen) atoms. The molecule has 1 aliphatic rings. The molecule has 7 heteroatoms. The zero-order chi connectivity index (χ0) is 14.1. The van der Waals surface area contributed by atoms with Crippen molar-refractivity contribution in [2.24, 2.45) is 0 Å². The molecule has 2 aromatic rings. The molecule has 0 saturated heterocycles. The molecule has 2 heterocycles. The van der Waals surface area contributed by atoms with Gasteiger partial charge in [0.1, 0.15) is 0 Å². The third kappa shape index (κ3) is 2.76. The molecule has 1 N–H and O–H groups in total. The van der Waals surface area contributed by atoms with Crippen molar-refractivity contribution in [3.8, 4) is 0 Å². The highest BCUT2D eigenvalue weighted by Gasteiger charge is 2.23. The predicted octanol–water partition coefficient (Wildman–Crippen LogP) is 3.19. The van der Waals surface area contributed by atoms with Crippen molar-refractivity contribution in [1.82, 2.24) is 14.7 Å². The lowest BCUT2D eigenvalue weighted by Gasteiger charge is -2.28. The predicted molar refractivity (Wildman–Crippen MR) is 85.8 cm³/mol. The lowest BCUT2D eigenvalue weighted by atomic mass is 10.3. The number of urea groups is 1. The van der Waals surface area contributed by atoms with E-state index in [0.717, 1.165) is 15.8 Å². The zero-order valence-corrected chi connectivity index (χ0v) is 13.4. The SMILES string of the molecule is O=C(Nc1cccc(Cl)c1)N1CCn2ncc(I)c2C1. The van der Waals surface area contributed by atoms with Crippen LogP contribution in [0.25, 0.3) is 0 Å². The molecule has 1 aromatic heterocycles. The molecule has 0 bridgehead atoms. The summed E-state index contributed by atoms with van der Waals surface area (Å²) in [6.45, 7) is 1.95. The Morgan fingerprint density at radius 1 is 1.40 bits per heavy atom. The molecule has 104 valence electrons. The highest BCUT2D eigenvalue weighted by molar-refractivity contribution is 14.1. The second-order valence-corrected chi connectivity index (χ2v) is 6.12. The summed E-state index contributed by atoms with van der Waals surface area (Å²) in [4.78, 5) is 14.0. The largest absolute Gasteiger partial charge is 0.322 e. The summed E-state index contributed by atoms with van der Waals surface area (Å²) in [6.07, 6.45) is 1.83. The summed E-state index contributed by atoms with van der Waals surface area (Å²) in [7, 11) is 0. The molecule has 0 spiro atoms. The van der Waals surface area contributed by atoms with Gasteiger partial charge in [0.05, 0.1) is 28.6 Å². The number of amides is 2. The summed E-state index contributed by atoms with van der Waals surface area (Å²) in [6, 6.07) is 7.03. The van der Waals surface area contributed by atoms with Crippen molar-refractivity contribution >= 4 is 45.9 Å². The number of rotatable bonds is 1. The van der Waals surface area contributed by atoms with Gasteiger partial charge in [-0.1, -0.05) is 17.7 Å². The third-order valence-electron chi connectivity index (χ3n) is 3.18. The van der Waals surface area contributed by atoms with Gasteiger partial charge in [-0.25, -0.2) is 4.79 Å². The van der Waals surface area contributed by atoms with Gasteiger partial charge < -0.3 is 10.2 Å². The number of hydrogen-bond donors (Lipinski definition) is 1. The smallest absolute Gasteiger partial charge is 0.317 e. The van der Waals surface area contributed by atoms with Crippen molar-refractivity contribution < 1.29 is 4.79 Å². The van der Waals surface area contributed by atoms with Crippen LogP contribution < -0.4 is 5.32 Å².